The van der Waals surface area contributed by atoms with Crippen molar-refractivity contribution < 1.29 is 4.92 Å². The lowest BCUT2D eigenvalue weighted by Gasteiger charge is -2.20. The van der Waals surface area contributed by atoms with Crippen molar-refractivity contribution in [3.05, 3.63) is 45.6 Å². The van der Waals surface area contributed by atoms with E-state index in [4.69, 9.17) is 11.6 Å². The fraction of sp³-hybridized carbons (Fsp3) is 0.300. The molecule has 1 N–H and O–H groups in total. The van der Waals surface area contributed by atoms with Crippen LogP contribution >= 0.6 is 11.6 Å². The first-order valence-electron chi connectivity index (χ1n) is 4.99. The Morgan fingerprint density at radius 3 is 2.88 bits per heavy atom. The molecule has 0 aromatic carbocycles. The van der Waals surface area contributed by atoms with Crippen molar-refractivity contribution in [3.63, 3.8) is 0 Å². The zero-order valence-electron chi connectivity index (χ0n) is 9.55. The lowest BCUT2D eigenvalue weighted by Crippen LogP contribution is -2.29. The number of nitrogens with zero attached hydrogens (tertiary/aromatic N) is 3. The summed E-state index contributed by atoms with van der Waals surface area (Å²) >= 11 is 5.67. The van der Waals surface area contributed by atoms with Crippen molar-refractivity contribution in [1.29, 1.82) is 0 Å². The largest absolute Gasteiger partial charge is 0.367 e. The molecule has 1 aromatic rings. The molecule has 0 aliphatic heterocycles. The highest BCUT2D eigenvalue weighted by Gasteiger charge is 2.10. The lowest BCUT2D eigenvalue weighted by atomic mass is 10.4. The lowest BCUT2D eigenvalue weighted by molar-refractivity contribution is -0.403. The normalized spacial score (nSPS) is 11.1. The van der Waals surface area contributed by atoms with E-state index < -0.39 is 4.92 Å². The molecule has 0 atom stereocenters. The highest BCUT2D eigenvalue weighted by atomic mass is 35.5. The third-order valence-electron chi connectivity index (χ3n) is 2.05. The first kappa shape index (κ1) is 13.2. The van der Waals surface area contributed by atoms with Gasteiger partial charge in [-0.05, 0) is 19.1 Å². The predicted molar refractivity (Wildman–Crippen MR) is 66.4 cm³/mol. The van der Waals surface area contributed by atoms with Gasteiger partial charge in [-0.15, -0.1) is 0 Å². The van der Waals surface area contributed by atoms with E-state index >= 15 is 0 Å². The molecule has 0 fully saturated rings. The first-order chi connectivity index (χ1) is 8.04. The zero-order valence-corrected chi connectivity index (χ0v) is 10.3. The number of halogens is 1. The van der Waals surface area contributed by atoms with Gasteiger partial charge in [0.25, 0.3) is 6.20 Å². The van der Waals surface area contributed by atoms with Gasteiger partial charge in [0.05, 0.1) is 16.8 Å². The zero-order chi connectivity index (χ0) is 12.8. The molecule has 0 aliphatic carbocycles. The molecule has 0 amide bonds. The third-order valence-corrected chi connectivity index (χ3v) is 2.27. The maximum atomic E-state index is 10.5. The van der Waals surface area contributed by atoms with Gasteiger partial charge in [-0.1, -0.05) is 11.6 Å². The Kier molecular flexibility index (Phi) is 4.71. The molecule has 0 radical (unpaired) electrons. The number of nitro groups is 1. The van der Waals surface area contributed by atoms with Crippen LogP contribution in [0.1, 0.15) is 6.92 Å². The van der Waals surface area contributed by atoms with E-state index in [-0.39, 0.29) is 0 Å². The number of pyridine rings is 1. The predicted octanol–water partition coefficient (Wildman–Crippen LogP) is 1.86. The minimum atomic E-state index is -0.502. The van der Waals surface area contributed by atoms with Crippen molar-refractivity contribution >= 4 is 17.3 Å². The summed E-state index contributed by atoms with van der Waals surface area (Å²) in [5, 5.41) is 13.8. The number of aromatic nitrogens is 1. The molecule has 1 aromatic heterocycles. The Bertz CT molecular complexity index is 419. The fourth-order valence-electron chi connectivity index (χ4n) is 1.24. The van der Waals surface area contributed by atoms with Gasteiger partial charge in [-0.2, -0.15) is 0 Å². The third kappa shape index (κ3) is 3.92. The van der Waals surface area contributed by atoms with Crippen molar-refractivity contribution in [1.82, 2.24) is 10.3 Å². The average molecular weight is 257 g/mol. The molecule has 6 nitrogen and oxygen atoms in total. The molecular weight excluding hydrogens is 244 g/mol. The summed E-state index contributed by atoms with van der Waals surface area (Å²) in [5.41, 5.74) is 0.712. The summed E-state index contributed by atoms with van der Waals surface area (Å²) in [4.78, 5) is 15.6. The van der Waals surface area contributed by atoms with Crippen molar-refractivity contribution in [2.24, 2.45) is 0 Å². The van der Waals surface area contributed by atoms with Crippen molar-refractivity contribution in [3.8, 4) is 0 Å². The van der Waals surface area contributed by atoms with E-state index in [9.17, 15) is 10.1 Å². The van der Waals surface area contributed by atoms with Crippen LogP contribution in [0, 0.1) is 10.1 Å². The topological polar surface area (TPSA) is 71.3 Å². The molecular formula is C10H13ClN4O2. The van der Waals surface area contributed by atoms with E-state index in [0.29, 0.717) is 23.2 Å². The van der Waals surface area contributed by atoms with E-state index in [1.165, 1.54) is 0 Å². The van der Waals surface area contributed by atoms with Gasteiger partial charge in [-0.3, -0.25) is 10.1 Å². The maximum Gasteiger partial charge on any atom is 0.274 e. The summed E-state index contributed by atoms with van der Waals surface area (Å²) in [5.74, 6) is 0.390. The molecule has 1 heterocycles. The Balaban J connectivity index is 2.95. The molecule has 92 valence electrons. The van der Waals surface area contributed by atoms with Crippen LogP contribution in [0.15, 0.2) is 30.4 Å². The summed E-state index contributed by atoms with van der Waals surface area (Å²) < 4.78 is 0. The number of nitrogens with one attached hydrogen (secondary N) is 1. The number of rotatable bonds is 5. The van der Waals surface area contributed by atoms with Crippen LogP contribution in [0.25, 0.3) is 0 Å². The summed E-state index contributed by atoms with van der Waals surface area (Å²) in [6, 6.07) is 3.36. The SMILES string of the molecule is CCN/C(=C\[N+](=O)[O-])N(C)c1ccc(Cl)nc1. The van der Waals surface area contributed by atoms with Crippen LogP contribution in [0.5, 0.6) is 0 Å². The maximum absolute atomic E-state index is 10.5. The van der Waals surface area contributed by atoms with Gasteiger partial charge in [0.15, 0.2) is 5.82 Å². The van der Waals surface area contributed by atoms with Crippen molar-refractivity contribution in [2.45, 2.75) is 6.92 Å². The van der Waals surface area contributed by atoms with Crippen LogP contribution in [-0.4, -0.2) is 23.5 Å². The Labute approximate surface area is 104 Å². The monoisotopic (exact) mass is 256 g/mol. The summed E-state index contributed by atoms with van der Waals surface area (Å²) in [6.45, 7) is 2.45. The molecule has 0 saturated heterocycles. The van der Waals surface area contributed by atoms with Gasteiger partial charge in [-0.25, -0.2) is 4.98 Å². The van der Waals surface area contributed by atoms with Gasteiger partial charge in [0.1, 0.15) is 5.15 Å². The van der Waals surface area contributed by atoms with Gasteiger partial charge in [0, 0.05) is 13.6 Å². The fourth-order valence-corrected chi connectivity index (χ4v) is 1.35. The molecule has 7 heteroatoms. The molecule has 0 unspecified atom stereocenters. The van der Waals surface area contributed by atoms with E-state index in [2.05, 4.69) is 10.3 Å². The Morgan fingerprint density at radius 2 is 2.41 bits per heavy atom. The summed E-state index contributed by atoms with van der Waals surface area (Å²) in [6.07, 6.45) is 2.46. The van der Waals surface area contributed by atoms with Crippen LogP contribution < -0.4 is 10.2 Å². The standard InChI is InChI=1S/C10H13ClN4O2/c1-3-12-10(7-15(16)17)14(2)8-4-5-9(11)13-6-8/h4-7,12H,3H2,1-2H3/b10-7+. The Morgan fingerprint density at radius 1 is 1.71 bits per heavy atom. The second-order valence-electron chi connectivity index (χ2n) is 3.23. The number of hydrogen-bond acceptors (Lipinski definition) is 5. The minimum absolute atomic E-state index is 0.380. The van der Waals surface area contributed by atoms with Gasteiger partial charge < -0.3 is 10.2 Å². The van der Waals surface area contributed by atoms with Crippen LogP contribution in [0.3, 0.4) is 0 Å². The smallest absolute Gasteiger partial charge is 0.274 e. The van der Waals surface area contributed by atoms with E-state index in [0.717, 1.165) is 6.20 Å². The van der Waals surface area contributed by atoms with Crippen molar-refractivity contribution in [2.75, 3.05) is 18.5 Å². The first-order valence-corrected chi connectivity index (χ1v) is 5.37. The van der Waals surface area contributed by atoms with Crippen LogP contribution in [0.2, 0.25) is 5.15 Å². The highest BCUT2D eigenvalue weighted by molar-refractivity contribution is 6.29. The molecule has 0 bridgehead atoms. The summed E-state index contributed by atoms with van der Waals surface area (Å²) in [7, 11) is 1.71. The van der Waals surface area contributed by atoms with Gasteiger partial charge >= 0.3 is 0 Å². The van der Waals surface area contributed by atoms with Crippen LogP contribution in [-0.2, 0) is 0 Å². The van der Waals surface area contributed by atoms with E-state index in [1.54, 1.807) is 30.3 Å². The Hall–Kier alpha value is -1.82. The second kappa shape index (κ2) is 6.05. The molecule has 0 saturated carbocycles. The molecule has 1 rings (SSSR count). The number of anilines is 1. The van der Waals surface area contributed by atoms with Gasteiger partial charge in [0.2, 0.25) is 0 Å². The van der Waals surface area contributed by atoms with E-state index in [1.807, 2.05) is 6.92 Å². The molecule has 0 spiro atoms. The minimum Gasteiger partial charge on any atom is -0.367 e. The molecule has 17 heavy (non-hydrogen) atoms. The molecule has 0 aliphatic rings. The number of hydrogen-bond donors (Lipinski definition) is 1. The van der Waals surface area contributed by atoms with Crippen LogP contribution in [0.4, 0.5) is 5.69 Å². The second-order valence-corrected chi connectivity index (χ2v) is 3.62. The quantitative estimate of drug-likeness (QED) is 0.495. The average Bonchev–Trinajstić information content (AvgIpc) is 2.28. The highest BCUT2D eigenvalue weighted by Crippen LogP contribution is 2.16.